The number of hydrogen-bond acceptors (Lipinski definition) is 8. The molecule has 2 amide bonds. The third kappa shape index (κ3) is 15.7. The van der Waals surface area contributed by atoms with Gasteiger partial charge in [0.15, 0.2) is 0 Å². The van der Waals surface area contributed by atoms with Crippen molar-refractivity contribution in [2.24, 2.45) is 5.92 Å². The molecule has 0 unspecified atom stereocenters. The second kappa shape index (κ2) is 16.4. The lowest BCUT2D eigenvalue weighted by Crippen LogP contribution is -3.00. The number of quaternary nitrogens is 1. The van der Waals surface area contributed by atoms with Crippen molar-refractivity contribution in [3.8, 4) is 6.07 Å². The van der Waals surface area contributed by atoms with Crippen LogP contribution >= 0.6 is 0 Å². The van der Waals surface area contributed by atoms with Gasteiger partial charge in [-0.25, -0.2) is 9.59 Å². The largest absolute Gasteiger partial charge is 1.00 e. The average molecular weight is 731 g/mol. The van der Waals surface area contributed by atoms with Crippen LogP contribution < -0.4 is 39.1 Å². The van der Waals surface area contributed by atoms with Crippen LogP contribution in [0.1, 0.15) is 97.5 Å². The normalized spacial score (nSPS) is 13.3. The summed E-state index contributed by atoms with van der Waals surface area (Å²) in [5.41, 5.74) is -0.851. The van der Waals surface area contributed by atoms with Crippen molar-refractivity contribution in [2.75, 3.05) is 27.7 Å². The molecule has 44 heavy (non-hydrogen) atoms. The maximum Gasteiger partial charge on any atom is 0.408 e. The molecule has 0 saturated heterocycles. The van der Waals surface area contributed by atoms with Crippen molar-refractivity contribution in [1.82, 2.24) is 15.1 Å². The Morgan fingerprint density at radius 1 is 0.864 bits per heavy atom. The van der Waals surface area contributed by atoms with Gasteiger partial charge < -0.3 is 48.8 Å². The molecule has 0 aliphatic rings. The lowest BCUT2D eigenvalue weighted by Gasteiger charge is -2.29. The summed E-state index contributed by atoms with van der Waals surface area (Å²) in [6, 6.07) is 5.98. The minimum absolute atomic E-state index is 0. The van der Waals surface area contributed by atoms with Crippen LogP contribution in [0.5, 0.6) is 0 Å². The highest BCUT2D eigenvalue weighted by atomic mass is 127. The van der Waals surface area contributed by atoms with Gasteiger partial charge in [0.25, 0.3) is 5.91 Å². The number of ether oxygens (including phenoxy) is 3. The number of nitriles is 1. The standard InChI is InChI=1S/C32H50N4O7.HI/c1-30(2,3)41-27(38)22(19-24(28(39)42-31(4,5)6)35-29(40)43-32(7,8)9)14-13-17-34-26(37)21-15-16-25(36(10,11)12)23(18-21)20-33;/h15-16,18,22,24H,13-14,17,19H2,1-12H3,(H-,34,35,37,40);1H/t22-,24-;/m0./s1. The number of benzene rings is 1. The number of hydrogen-bond donors (Lipinski definition) is 2. The molecule has 2 N–H and O–H groups in total. The smallest absolute Gasteiger partial charge is 0.408 e. The van der Waals surface area contributed by atoms with Crippen LogP contribution in [-0.4, -0.2) is 74.5 Å². The van der Waals surface area contributed by atoms with Crippen molar-refractivity contribution in [3.05, 3.63) is 29.3 Å². The van der Waals surface area contributed by atoms with E-state index < -0.39 is 46.8 Å². The third-order valence-electron chi connectivity index (χ3n) is 5.76. The Hall–Kier alpha value is -2.92. The number of nitrogens with zero attached hydrogens (tertiary/aromatic N) is 2. The van der Waals surface area contributed by atoms with Gasteiger partial charge in [0.1, 0.15) is 40.2 Å². The van der Waals surface area contributed by atoms with Crippen molar-refractivity contribution in [1.29, 1.82) is 5.26 Å². The zero-order valence-electron chi connectivity index (χ0n) is 28.3. The van der Waals surface area contributed by atoms with Gasteiger partial charge in [0, 0.05) is 18.2 Å². The maximum atomic E-state index is 13.2. The van der Waals surface area contributed by atoms with Gasteiger partial charge >= 0.3 is 18.0 Å². The zero-order valence-corrected chi connectivity index (χ0v) is 30.5. The van der Waals surface area contributed by atoms with Crippen molar-refractivity contribution < 1.29 is 57.4 Å². The number of carbonyl (C=O) groups excluding carboxylic acids is 4. The molecule has 0 aliphatic carbocycles. The Bertz CT molecular complexity index is 1200. The van der Waals surface area contributed by atoms with E-state index in [9.17, 15) is 24.4 Å². The quantitative estimate of drug-likeness (QED) is 0.116. The minimum atomic E-state index is -1.18. The molecule has 12 heteroatoms. The molecule has 1 aromatic carbocycles. The van der Waals surface area contributed by atoms with Crippen LogP contribution in [0.3, 0.4) is 0 Å². The van der Waals surface area contributed by atoms with E-state index in [0.29, 0.717) is 22.0 Å². The number of amides is 2. The number of alkyl carbamates (subject to hydrolysis) is 1. The molecule has 0 fully saturated rings. The number of carbonyl (C=O) groups is 4. The molecule has 2 atom stereocenters. The Balaban J connectivity index is 0.0000185. The summed E-state index contributed by atoms with van der Waals surface area (Å²) in [7, 11) is 5.81. The first-order chi connectivity index (χ1) is 19.4. The summed E-state index contributed by atoms with van der Waals surface area (Å²) in [6.07, 6.45) is -0.263. The maximum absolute atomic E-state index is 13.2. The van der Waals surface area contributed by atoms with Gasteiger partial charge in [-0.3, -0.25) is 14.1 Å². The Morgan fingerprint density at radius 2 is 1.39 bits per heavy atom. The fourth-order valence-corrected chi connectivity index (χ4v) is 4.04. The second-order valence-corrected chi connectivity index (χ2v) is 14.5. The molecule has 0 spiro atoms. The van der Waals surface area contributed by atoms with Gasteiger partial charge in [-0.2, -0.15) is 5.26 Å². The molecule has 0 radical (unpaired) electrons. The lowest BCUT2D eigenvalue weighted by atomic mass is 9.94. The summed E-state index contributed by atoms with van der Waals surface area (Å²) in [5, 5.41) is 15.0. The van der Waals surface area contributed by atoms with Crippen LogP contribution in [0.2, 0.25) is 0 Å². The van der Waals surface area contributed by atoms with Crippen LogP contribution in [0.4, 0.5) is 10.5 Å². The Labute approximate surface area is 280 Å². The van der Waals surface area contributed by atoms with Crippen LogP contribution in [0, 0.1) is 17.2 Å². The highest BCUT2D eigenvalue weighted by Crippen LogP contribution is 2.24. The molecule has 0 aromatic heterocycles. The number of nitrogens with one attached hydrogen (secondary N) is 2. The van der Waals surface area contributed by atoms with E-state index in [1.54, 1.807) is 80.5 Å². The van der Waals surface area contributed by atoms with E-state index in [1.165, 1.54) is 0 Å². The topological polar surface area (TPSA) is 144 Å². The lowest BCUT2D eigenvalue weighted by molar-refractivity contribution is -0.163. The summed E-state index contributed by atoms with van der Waals surface area (Å²) in [4.78, 5) is 51.7. The van der Waals surface area contributed by atoms with Crippen molar-refractivity contribution in [2.45, 2.75) is 104 Å². The molecule has 0 bridgehead atoms. The first kappa shape index (κ1) is 41.1. The zero-order chi connectivity index (χ0) is 33.4. The predicted octanol–water partition coefficient (Wildman–Crippen LogP) is 1.85. The molecular weight excluding hydrogens is 679 g/mol. The van der Waals surface area contributed by atoms with Gasteiger partial charge in [0.05, 0.1) is 27.1 Å². The molecule has 0 aliphatic heterocycles. The summed E-state index contributed by atoms with van der Waals surface area (Å²) in [6.45, 7) is 15.7. The van der Waals surface area contributed by atoms with Gasteiger partial charge in [-0.15, -0.1) is 0 Å². The van der Waals surface area contributed by atoms with Gasteiger partial charge in [-0.05, 0) is 93.7 Å². The highest BCUT2D eigenvalue weighted by Gasteiger charge is 2.35. The van der Waals surface area contributed by atoms with E-state index >= 15 is 0 Å². The van der Waals surface area contributed by atoms with E-state index in [2.05, 4.69) is 16.7 Å². The summed E-state index contributed by atoms with van der Waals surface area (Å²) < 4.78 is 16.9. The van der Waals surface area contributed by atoms with Crippen LogP contribution in [-0.2, 0) is 23.8 Å². The highest BCUT2D eigenvalue weighted by molar-refractivity contribution is 5.95. The van der Waals surface area contributed by atoms with E-state index in [0.717, 1.165) is 5.69 Å². The van der Waals surface area contributed by atoms with Crippen LogP contribution in [0.15, 0.2) is 18.2 Å². The van der Waals surface area contributed by atoms with Gasteiger partial charge in [0.2, 0.25) is 0 Å². The van der Waals surface area contributed by atoms with Crippen LogP contribution in [0.25, 0.3) is 0 Å². The molecular formula is C32H51IN4O7. The number of rotatable bonds is 11. The molecule has 11 nitrogen and oxygen atoms in total. The summed E-state index contributed by atoms with van der Waals surface area (Å²) >= 11 is 0. The minimum Gasteiger partial charge on any atom is -1.00 e. The fraction of sp³-hybridized carbons (Fsp3) is 0.656. The monoisotopic (exact) mass is 730 g/mol. The molecule has 1 aromatic rings. The Morgan fingerprint density at radius 3 is 1.86 bits per heavy atom. The van der Waals surface area contributed by atoms with E-state index in [4.69, 9.17) is 14.2 Å². The second-order valence-electron chi connectivity index (χ2n) is 14.5. The first-order valence-electron chi connectivity index (χ1n) is 14.5. The first-order valence-corrected chi connectivity index (χ1v) is 14.5. The summed E-state index contributed by atoms with van der Waals surface area (Å²) in [5.74, 6) is -2.38. The molecule has 1 rings (SSSR count). The molecule has 0 saturated carbocycles. The van der Waals surface area contributed by atoms with Crippen molar-refractivity contribution in [3.63, 3.8) is 0 Å². The molecule has 0 heterocycles. The Kier molecular flexibility index (Phi) is 15.3. The third-order valence-corrected chi connectivity index (χ3v) is 5.76. The SMILES string of the molecule is CC(C)(C)OC(=O)N[C@@H](C[C@H](CCCNC(=O)c1ccc([N+](C)(C)C)c(C#N)c1)C(=O)OC(C)(C)C)C(=O)OC(C)(C)C.[I-]. The van der Waals surface area contributed by atoms with Gasteiger partial charge in [-0.1, -0.05) is 0 Å². The molecule has 248 valence electrons. The number of halogens is 1. The fourth-order valence-electron chi connectivity index (χ4n) is 4.04. The number of esters is 2. The van der Waals surface area contributed by atoms with E-state index in [1.807, 2.05) is 21.1 Å². The van der Waals surface area contributed by atoms with Crippen molar-refractivity contribution >= 4 is 29.6 Å². The predicted molar refractivity (Wildman–Crippen MR) is 165 cm³/mol. The average Bonchev–Trinajstić information content (AvgIpc) is 2.80. The van der Waals surface area contributed by atoms with E-state index in [-0.39, 0.29) is 49.3 Å².